The van der Waals surface area contributed by atoms with Crippen LogP contribution < -0.4 is 5.32 Å². The van der Waals surface area contributed by atoms with E-state index in [2.05, 4.69) is 22.3 Å². The number of piperazine rings is 1. The fourth-order valence-electron chi connectivity index (χ4n) is 3.35. The molecule has 0 aromatic heterocycles. The summed E-state index contributed by atoms with van der Waals surface area (Å²) >= 11 is 0. The molecule has 1 N–H and O–H groups in total. The standard InChI is InChI=1S/C24H31N3O3/c1-24(2,3)30-23(29)27-17-15-26(16-18-27)14-13-25-22(28)21-11-9-20(10-12-21)19-7-5-4-6-8-19/h4-12H,13-18H2,1-3H3,(H,25,28). The number of benzene rings is 2. The van der Waals surface area contributed by atoms with Gasteiger partial charge in [-0.05, 0) is 44.0 Å². The first kappa shape index (κ1) is 21.8. The fraction of sp³-hybridized carbons (Fsp3) is 0.417. The molecular weight excluding hydrogens is 378 g/mol. The van der Waals surface area contributed by atoms with E-state index in [1.807, 2.05) is 63.2 Å². The van der Waals surface area contributed by atoms with Gasteiger partial charge in [-0.1, -0.05) is 42.5 Å². The minimum Gasteiger partial charge on any atom is -0.444 e. The molecule has 6 heteroatoms. The Bertz CT molecular complexity index is 836. The van der Waals surface area contributed by atoms with E-state index in [0.717, 1.165) is 30.8 Å². The molecule has 0 atom stereocenters. The topological polar surface area (TPSA) is 61.9 Å². The van der Waals surface area contributed by atoms with Crippen molar-refractivity contribution in [3.8, 4) is 11.1 Å². The van der Waals surface area contributed by atoms with Crippen molar-refractivity contribution in [2.24, 2.45) is 0 Å². The quantitative estimate of drug-likeness (QED) is 0.819. The lowest BCUT2D eigenvalue weighted by Crippen LogP contribution is -2.51. The Kier molecular flexibility index (Phi) is 7.11. The van der Waals surface area contributed by atoms with Gasteiger partial charge in [0.25, 0.3) is 5.91 Å². The summed E-state index contributed by atoms with van der Waals surface area (Å²) in [7, 11) is 0. The molecule has 2 aromatic carbocycles. The lowest BCUT2D eigenvalue weighted by Gasteiger charge is -2.35. The second-order valence-electron chi connectivity index (χ2n) is 8.51. The van der Waals surface area contributed by atoms with Gasteiger partial charge in [0, 0.05) is 44.8 Å². The van der Waals surface area contributed by atoms with Crippen LogP contribution in [0, 0.1) is 0 Å². The van der Waals surface area contributed by atoms with Crippen LogP contribution in [0.4, 0.5) is 4.79 Å². The SMILES string of the molecule is CC(C)(C)OC(=O)N1CCN(CCNC(=O)c2ccc(-c3ccccc3)cc2)CC1. The second-order valence-corrected chi connectivity index (χ2v) is 8.51. The molecule has 0 saturated carbocycles. The molecule has 1 fully saturated rings. The van der Waals surface area contributed by atoms with Gasteiger partial charge in [-0.2, -0.15) is 0 Å². The van der Waals surface area contributed by atoms with Crippen LogP contribution in [0.1, 0.15) is 31.1 Å². The van der Waals surface area contributed by atoms with Gasteiger partial charge in [0.05, 0.1) is 0 Å². The molecule has 1 heterocycles. The molecule has 1 saturated heterocycles. The van der Waals surface area contributed by atoms with Gasteiger partial charge in [-0.15, -0.1) is 0 Å². The van der Waals surface area contributed by atoms with E-state index in [4.69, 9.17) is 4.74 Å². The first-order chi connectivity index (χ1) is 14.3. The summed E-state index contributed by atoms with van der Waals surface area (Å²) in [5.74, 6) is -0.0676. The Balaban J connectivity index is 1.39. The third-order valence-electron chi connectivity index (χ3n) is 4.99. The highest BCUT2D eigenvalue weighted by Crippen LogP contribution is 2.19. The van der Waals surface area contributed by atoms with Crippen LogP contribution >= 0.6 is 0 Å². The van der Waals surface area contributed by atoms with E-state index in [1.165, 1.54) is 0 Å². The molecule has 0 bridgehead atoms. The van der Waals surface area contributed by atoms with E-state index < -0.39 is 5.60 Å². The van der Waals surface area contributed by atoms with Crippen molar-refractivity contribution < 1.29 is 14.3 Å². The van der Waals surface area contributed by atoms with Crippen LogP contribution in [0.25, 0.3) is 11.1 Å². The predicted octanol–water partition coefficient (Wildman–Crippen LogP) is 3.64. The minimum absolute atomic E-state index is 0.0676. The predicted molar refractivity (Wildman–Crippen MR) is 118 cm³/mol. The zero-order valence-electron chi connectivity index (χ0n) is 18.1. The van der Waals surface area contributed by atoms with Crippen LogP contribution in [0.15, 0.2) is 54.6 Å². The fourth-order valence-corrected chi connectivity index (χ4v) is 3.35. The zero-order valence-corrected chi connectivity index (χ0v) is 18.1. The number of hydrogen-bond donors (Lipinski definition) is 1. The van der Waals surface area contributed by atoms with E-state index in [9.17, 15) is 9.59 Å². The van der Waals surface area contributed by atoms with Gasteiger partial charge in [-0.25, -0.2) is 4.79 Å². The highest BCUT2D eigenvalue weighted by molar-refractivity contribution is 5.94. The molecule has 6 nitrogen and oxygen atoms in total. The highest BCUT2D eigenvalue weighted by Gasteiger charge is 2.25. The average Bonchev–Trinajstić information content (AvgIpc) is 2.73. The second kappa shape index (κ2) is 9.76. The van der Waals surface area contributed by atoms with Crippen molar-refractivity contribution in [3.05, 3.63) is 60.2 Å². The molecule has 0 radical (unpaired) electrons. The first-order valence-corrected chi connectivity index (χ1v) is 10.5. The van der Waals surface area contributed by atoms with Gasteiger partial charge in [0.15, 0.2) is 0 Å². The molecule has 0 spiro atoms. The number of rotatable bonds is 5. The first-order valence-electron chi connectivity index (χ1n) is 10.5. The molecule has 1 aliphatic rings. The Morgan fingerprint density at radius 3 is 2.10 bits per heavy atom. The van der Waals surface area contributed by atoms with Gasteiger partial charge in [-0.3, -0.25) is 9.69 Å². The van der Waals surface area contributed by atoms with Crippen LogP contribution in [0.3, 0.4) is 0 Å². The summed E-state index contributed by atoms with van der Waals surface area (Å²) in [6.07, 6.45) is -0.255. The van der Waals surface area contributed by atoms with E-state index >= 15 is 0 Å². The number of hydrogen-bond acceptors (Lipinski definition) is 4. The van der Waals surface area contributed by atoms with Gasteiger partial charge < -0.3 is 15.0 Å². The van der Waals surface area contributed by atoms with Crippen molar-refractivity contribution in [2.45, 2.75) is 26.4 Å². The highest BCUT2D eigenvalue weighted by atomic mass is 16.6. The minimum atomic E-state index is -0.474. The van der Waals surface area contributed by atoms with Crippen LogP contribution in [-0.2, 0) is 4.74 Å². The summed E-state index contributed by atoms with van der Waals surface area (Å²) in [6.45, 7) is 9.80. The van der Waals surface area contributed by atoms with Crippen LogP contribution in [-0.4, -0.2) is 66.7 Å². The lowest BCUT2D eigenvalue weighted by molar-refractivity contribution is 0.0147. The van der Waals surface area contributed by atoms with Crippen molar-refractivity contribution >= 4 is 12.0 Å². The average molecular weight is 410 g/mol. The molecule has 2 amide bonds. The number of carbonyl (C=O) groups excluding carboxylic acids is 2. The summed E-state index contributed by atoms with van der Waals surface area (Å²) in [5.41, 5.74) is 2.41. The number of ether oxygens (including phenoxy) is 1. The maximum atomic E-state index is 12.4. The number of nitrogens with one attached hydrogen (secondary N) is 1. The summed E-state index contributed by atoms with van der Waals surface area (Å²) in [6, 6.07) is 17.8. The van der Waals surface area contributed by atoms with Crippen molar-refractivity contribution in [3.63, 3.8) is 0 Å². The van der Waals surface area contributed by atoms with Gasteiger partial charge >= 0.3 is 6.09 Å². The van der Waals surface area contributed by atoms with Crippen LogP contribution in [0.2, 0.25) is 0 Å². The molecule has 0 unspecified atom stereocenters. The Labute approximate surface area is 178 Å². The lowest BCUT2D eigenvalue weighted by atomic mass is 10.0. The van der Waals surface area contributed by atoms with Crippen molar-refractivity contribution in [2.75, 3.05) is 39.3 Å². The third kappa shape index (κ3) is 6.32. The molecular formula is C24H31N3O3. The number of carbonyl (C=O) groups is 2. The summed E-state index contributed by atoms with van der Waals surface area (Å²) in [5, 5.41) is 2.98. The molecule has 2 aromatic rings. The molecule has 160 valence electrons. The number of amides is 2. The van der Waals surface area contributed by atoms with E-state index in [0.29, 0.717) is 25.2 Å². The Hall–Kier alpha value is -2.86. The van der Waals surface area contributed by atoms with Gasteiger partial charge in [0.2, 0.25) is 0 Å². The maximum Gasteiger partial charge on any atom is 0.410 e. The van der Waals surface area contributed by atoms with Crippen molar-refractivity contribution in [1.29, 1.82) is 0 Å². The van der Waals surface area contributed by atoms with Gasteiger partial charge in [0.1, 0.15) is 5.60 Å². The van der Waals surface area contributed by atoms with E-state index in [1.54, 1.807) is 4.90 Å². The summed E-state index contributed by atoms with van der Waals surface area (Å²) < 4.78 is 5.42. The molecule has 1 aliphatic heterocycles. The monoisotopic (exact) mass is 409 g/mol. The zero-order chi connectivity index (χ0) is 21.6. The molecule has 0 aliphatic carbocycles. The maximum absolute atomic E-state index is 12.4. The Morgan fingerprint density at radius 2 is 1.50 bits per heavy atom. The molecule has 30 heavy (non-hydrogen) atoms. The largest absolute Gasteiger partial charge is 0.444 e. The van der Waals surface area contributed by atoms with Crippen molar-refractivity contribution in [1.82, 2.24) is 15.1 Å². The smallest absolute Gasteiger partial charge is 0.410 e. The van der Waals surface area contributed by atoms with Crippen LogP contribution in [0.5, 0.6) is 0 Å². The Morgan fingerprint density at radius 1 is 0.900 bits per heavy atom. The summed E-state index contributed by atoms with van der Waals surface area (Å²) in [4.78, 5) is 28.5. The number of nitrogens with zero attached hydrogens (tertiary/aromatic N) is 2. The van der Waals surface area contributed by atoms with E-state index in [-0.39, 0.29) is 12.0 Å². The molecule has 3 rings (SSSR count). The third-order valence-corrected chi connectivity index (χ3v) is 4.99. The normalized spacial score (nSPS) is 15.0.